The number of rotatable bonds is 3. The highest BCUT2D eigenvalue weighted by Gasteiger charge is 2.17. The lowest BCUT2D eigenvalue weighted by atomic mass is 10.1. The van der Waals surface area contributed by atoms with E-state index in [4.69, 9.17) is 10.8 Å². The molecular formula is C18H15N3O3S. The van der Waals surface area contributed by atoms with Crippen LogP contribution in [0.3, 0.4) is 0 Å². The third kappa shape index (κ3) is 3.78. The molecule has 6 nitrogen and oxygen atoms in total. The van der Waals surface area contributed by atoms with E-state index in [1.165, 1.54) is 23.7 Å². The predicted molar refractivity (Wildman–Crippen MR) is 97.9 cm³/mol. The quantitative estimate of drug-likeness (QED) is 0.785. The summed E-state index contributed by atoms with van der Waals surface area (Å²) in [5.74, 6) is -0.390. The first kappa shape index (κ1) is 16.5. The zero-order valence-electron chi connectivity index (χ0n) is 13.0. The Morgan fingerprint density at radius 3 is 2.64 bits per heavy atom. The molecule has 2 amide bonds. The number of carboxylic acid groups (broad SMARTS) is 1. The van der Waals surface area contributed by atoms with Crippen molar-refractivity contribution in [3.05, 3.63) is 78.3 Å². The largest absolute Gasteiger partial charge is 0.464 e. The summed E-state index contributed by atoms with van der Waals surface area (Å²) in [6.07, 6.45) is 6.37. The average Bonchev–Trinajstić information content (AvgIpc) is 2.84. The van der Waals surface area contributed by atoms with E-state index in [2.05, 4.69) is 5.32 Å². The van der Waals surface area contributed by atoms with E-state index in [0.29, 0.717) is 16.3 Å². The van der Waals surface area contributed by atoms with Crippen LogP contribution in [-0.2, 0) is 0 Å². The molecule has 126 valence electrons. The number of allylic oxidation sites excluding steroid dienone is 3. The van der Waals surface area contributed by atoms with Gasteiger partial charge in [0.25, 0.3) is 5.91 Å². The molecular weight excluding hydrogens is 338 g/mol. The lowest BCUT2D eigenvalue weighted by Crippen LogP contribution is -2.25. The van der Waals surface area contributed by atoms with Gasteiger partial charge in [0.05, 0.1) is 16.3 Å². The maximum atomic E-state index is 12.5. The number of nitrogens with two attached hydrogens (primary N) is 1. The minimum atomic E-state index is -1.15. The Bertz CT molecular complexity index is 898. The van der Waals surface area contributed by atoms with E-state index in [1.807, 2.05) is 30.3 Å². The maximum Gasteiger partial charge on any atom is 0.415 e. The topological polar surface area (TPSA) is 95.7 Å². The monoisotopic (exact) mass is 353 g/mol. The van der Waals surface area contributed by atoms with Crippen LogP contribution in [0.15, 0.2) is 72.7 Å². The highest BCUT2D eigenvalue weighted by atomic mass is 32.1. The molecule has 2 aromatic rings. The molecule has 4 N–H and O–H groups in total. The number of thiophene rings is 1. The second-order valence-electron chi connectivity index (χ2n) is 5.18. The molecule has 0 radical (unpaired) electrons. The van der Waals surface area contributed by atoms with Crippen LogP contribution in [-0.4, -0.2) is 22.0 Å². The molecule has 0 saturated carbocycles. The molecule has 1 aromatic heterocycles. The number of benzene rings is 1. The third-order valence-electron chi connectivity index (χ3n) is 3.45. The van der Waals surface area contributed by atoms with Crippen molar-refractivity contribution in [1.29, 1.82) is 0 Å². The number of carbonyl (C=O) groups is 2. The van der Waals surface area contributed by atoms with Crippen LogP contribution < -0.4 is 11.1 Å². The van der Waals surface area contributed by atoms with Gasteiger partial charge >= 0.3 is 6.09 Å². The highest BCUT2D eigenvalue weighted by molar-refractivity contribution is 7.19. The van der Waals surface area contributed by atoms with E-state index in [9.17, 15) is 9.59 Å². The van der Waals surface area contributed by atoms with E-state index >= 15 is 0 Å². The maximum absolute atomic E-state index is 12.5. The normalized spacial score (nSPS) is 13.3. The molecule has 1 aliphatic rings. The lowest BCUT2D eigenvalue weighted by molar-refractivity contribution is 0.0967. The summed E-state index contributed by atoms with van der Waals surface area (Å²) in [6.45, 7) is 0. The van der Waals surface area contributed by atoms with Crippen LogP contribution in [0, 0.1) is 0 Å². The zero-order valence-corrected chi connectivity index (χ0v) is 13.9. The van der Waals surface area contributed by atoms with Crippen molar-refractivity contribution in [2.24, 2.45) is 0 Å². The molecule has 25 heavy (non-hydrogen) atoms. The van der Waals surface area contributed by atoms with Gasteiger partial charge in [-0.15, -0.1) is 11.3 Å². The summed E-state index contributed by atoms with van der Waals surface area (Å²) >= 11 is 1.33. The fraction of sp³-hybridized carbons (Fsp3) is 0. The summed E-state index contributed by atoms with van der Waals surface area (Å²) in [6, 6.07) is 11.4. The number of carbonyl (C=O) groups excluding carboxylic acids is 1. The van der Waals surface area contributed by atoms with E-state index in [1.54, 1.807) is 24.3 Å². The second kappa shape index (κ2) is 7.06. The van der Waals surface area contributed by atoms with Crippen molar-refractivity contribution in [3.8, 4) is 10.4 Å². The van der Waals surface area contributed by atoms with Crippen LogP contribution in [0.2, 0.25) is 0 Å². The number of nitrogen functional groups attached to an aromatic ring is 1. The number of nitrogens with one attached hydrogen (secondary N) is 1. The van der Waals surface area contributed by atoms with Gasteiger partial charge in [0.2, 0.25) is 0 Å². The van der Waals surface area contributed by atoms with E-state index in [0.717, 1.165) is 15.3 Å². The zero-order chi connectivity index (χ0) is 17.8. The number of amides is 2. The Balaban J connectivity index is 1.82. The average molecular weight is 353 g/mol. The van der Waals surface area contributed by atoms with Gasteiger partial charge in [-0.05, 0) is 23.8 Å². The summed E-state index contributed by atoms with van der Waals surface area (Å²) in [5, 5.41) is 12.2. The van der Waals surface area contributed by atoms with Crippen molar-refractivity contribution in [3.63, 3.8) is 0 Å². The third-order valence-corrected chi connectivity index (χ3v) is 4.47. The molecule has 0 atom stereocenters. The van der Waals surface area contributed by atoms with Crippen LogP contribution in [0.5, 0.6) is 0 Å². The van der Waals surface area contributed by atoms with Crippen molar-refractivity contribution >= 4 is 28.3 Å². The molecule has 2 heterocycles. The van der Waals surface area contributed by atoms with E-state index < -0.39 is 6.09 Å². The van der Waals surface area contributed by atoms with Gasteiger partial charge < -0.3 is 16.2 Å². The number of hydrogen-bond donors (Lipinski definition) is 3. The molecule has 0 spiro atoms. The minimum absolute atomic E-state index is 0.351. The molecule has 0 aliphatic carbocycles. The van der Waals surface area contributed by atoms with Crippen LogP contribution >= 0.6 is 11.3 Å². The van der Waals surface area contributed by atoms with Gasteiger partial charge in [0, 0.05) is 17.3 Å². The van der Waals surface area contributed by atoms with E-state index in [-0.39, 0.29) is 5.91 Å². The summed E-state index contributed by atoms with van der Waals surface area (Å²) in [5.41, 5.74) is 7.68. The van der Waals surface area contributed by atoms with Crippen molar-refractivity contribution in [2.45, 2.75) is 0 Å². The van der Waals surface area contributed by atoms with Gasteiger partial charge in [0.15, 0.2) is 0 Å². The predicted octanol–water partition coefficient (Wildman–Crippen LogP) is 3.63. The van der Waals surface area contributed by atoms with Crippen molar-refractivity contribution < 1.29 is 14.7 Å². The number of nitrogens with zero attached hydrogens (tertiary/aromatic N) is 1. The number of anilines is 1. The van der Waals surface area contributed by atoms with Crippen LogP contribution in [0.1, 0.15) is 10.4 Å². The van der Waals surface area contributed by atoms with Crippen LogP contribution in [0.4, 0.5) is 9.80 Å². The molecule has 1 aliphatic heterocycles. The SMILES string of the molecule is Nc1sc(-c2ccccc2)cc1C(=O)NC1=CN(C(=O)O)C=CC=C1. The molecule has 0 fully saturated rings. The van der Waals surface area contributed by atoms with Crippen molar-refractivity contribution in [2.75, 3.05) is 5.73 Å². The summed E-state index contributed by atoms with van der Waals surface area (Å²) < 4.78 is 0. The first-order valence-corrected chi connectivity index (χ1v) is 8.20. The Hall–Kier alpha value is -3.32. The second-order valence-corrected chi connectivity index (χ2v) is 6.27. The molecule has 0 bridgehead atoms. The molecule has 1 aromatic carbocycles. The fourth-order valence-electron chi connectivity index (χ4n) is 2.26. The van der Waals surface area contributed by atoms with Gasteiger partial charge in [-0.3, -0.25) is 9.69 Å². The smallest absolute Gasteiger partial charge is 0.415 e. The Labute approximate surface area is 148 Å². The Morgan fingerprint density at radius 1 is 1.16 bits per heavy atom. The summed E-state index contributed by atoms with van der Waals surface area (Å²) in [4.78, 5) is 25.5. The van der Waals surface area contributed by atoms with Crippen LogP contribution in [0.25, 0.3) is 10.4 Å². The first-order valence-electron chi connectivity index (χ1n) is 7.38. The van der Waals surface area contributed by atoms with Gasteiger partial charge in [-0.1, -0.05) is 36.4 Å². The standard InChI is InChI=1S/C18H15N3O3S/c19-16-14(10-15(25-16)12-6-2-1-3-7-12)17(22)20-13-8-4-5-9-21(11-13)18(23)24/h1-11H,19H2,(H,20,22)(H,23,24). The highest BCUT2D eigenvalue weighted by Crippen LogP contribution is 2.33. The molecule has 0 saturated heterocycles. The fourth-order valence-corrected chi connectivity index (χ4v) is 3.19. The minimum Gasteiger partial charge on any atom is -0.464 e. The summed E-state index contributed by atoms with van der Waals surface area (Å²) in [7, 11) is 0. The van der Waals surface area contributed by atoms with Gasteiger partial charge in [-0.25, -0.2) is 4.79 Å². The van der Waals surface area contributed by atoms with Gasteiger partial charge in [0.1, 0.15) is 0 Å². The molecule has 7 heteroatoms. The lowest BCUT2D eigenvalue weighted by Gasteiger charge is -2.10. The van der Waals surface area contributed by atoms with Crippen molar-refractivity contribution in [1.82, 2.24) is 10.2 Å². The Kier molecular flexibility index (Phi) is 4.67. The number of hydrogen-bond acceptors (Lipinski definition) is 4. The van der Waals surface area contributed by atoms with Gasteiger partial charge in [-0.2, -0.15) is 0 Å². The first-order chi connectivity index (χ1) is 12.0. The Morgan fingerprint density at radius 2 is 1.92 bits per heavy atom. The molecule has 0 unspecified atom stereocenters. The molecule has 3 rings (SSSR count).